The highest BCUT2D eigenvalue weighted by Crippen LogP contribution is 2.29. The Balaban J connectivity index is 2.59. The maximum Gasteiger partial charge on any atom is 0.326 e. The smallest absolute Gasteiger partial charge is 0.326 e. The van der Waals surface area contributed by atoms with Crippen molar-refractivity contribution in [3.8, 4) is 0 Å². The van der Waals surface area contributed by atoms with Crippen LogP contribution in [0.5, 0.6) is 0 Å². The van der Waals surface area contributed by atoms with Crippen molar-refractivity contribution in [1.82, 2.24) is 5.32 Å². The number of hydrogen-bond donors (Lipinski definition) is 2. The van der Waals surface area contributed by atoms with Gasteiger partial charge in [0, 0.05) is 5.92 Å². The van der Waals surface area contributed by atoms with Crippen LogP contribution in [-0.4, -0.2) is 23.0 Å². The minimum absolute atomic E-state index is 0.00889. The van der Waals surface area contributed by atoms with Crippen LogP contribution in [0.1, 0.15) is 53.4 Å². The molecule has 0 saturated heterocycles. The van der Waals surface area contributed by atoms with Crippen molar-refractivity contribution in [1.29, 1.82) is 0 Å². The predicted octanol–water partition coefficient (Wildman–Crippen LogP) is 2.43. The van der Waals surface area contributed by atoms with Crippen LogP contribution in [0.4, 0.5) is 0 Å². The Labute approximate surface area is 109 Å². The molecule has 1 amide bonds. The third-order valence-electron chi connectivity index (χ3n) is 3.79. The molecule has 1 rings (SSSR count). The maximum absolute atomic E-state index is 12.1. The summed E-state index contributed by atoms with van der Waals surface area (Å²) in [6, 6.07) is -0.815. The zero-order valence-corrected chi connectivity index (χ0v) is 11.8. The average Bonchev–Trinajstić information content (AvgIpc) is 2.24. The van der Waals surface area contributed by atoms with Crippen molar-refractivity contribution < 1.29 is 14.7 Å². The van der Waals surface area contributed by atoms with Gasteiger partial charge in [-0.05, 0) is 37.0 Å². The molecule has 0 radical (unpaired) electrons. The second-order valence-electron chi connectivity index (χ2n) is 6.60. The number of carboxylic acid groups (broad SMARTS) is 1. The Morgan fingerprint density at radius 2 is 1.67 bits per heavy atom. The number of nitrogens with one attached hydrogen (secondary N) is 1. The number of carbonyl (C=O) groups excluding carboxylic acids is 1. The van der Waals surface area contributed by atoms with Crippen molar-refractivity contribution in [2.75, 3.05) is 0 Å². The van der Waals surface area contributed by atoms with Crippen LogP contribution in [0.3, 0.4) is 0 Å². The lowest BCUT2D eigenvalue weighted by Gasteiger charge is -2.31. The largest absolute Gasteiger partial charge is 0.480 e. The van der Waals surface area contributed by atoms with Gasteiger partial charge in [-0.25, -0.2) is 4.79 Å². The van der Waals surface area contributed by atoms with Crippen LogP contribution in [0.25, 0.3) is 0 Å². The highest BCUT2D eigenvalue weighted by molar-refractivity contribution is 5.85. The fourth-order valence-corrected chi connectivity index (χ4v) is 2.43. The second kappa shape index (κ2) is 5.72. The molecule has 0 bridgehead atoms. The Morgan fingerprint density at radius 3 is 2.06 bits per heavy atom. The third-order valence-corrected chi connectivity index (χ3v) is 3.79. The van der Waals surface area contributed by atoms with Crippen molar-refractivity contribution >= 4 is 11.9 Å². The van der Waals surface area contributed by atoms with Gasteiger partial charge in [0.2, 0.25) is 5.91 Å². The van der Waals surface area contributed by atoms with Crippen LogP contribution in [0.15, 0.2) is 0 Å². The first-order valence-electron chi connectivity index (χ1n) is 6.75. The lowest BCUT2D eigenvalue weighted by atomic mass is 9.81. The van der Waals surface area contributed by atoms with Gasteiger partial charge >= 0.3 is 5.97 Å². The van der Waals surface area contributed by atoms with E-state index in [4.69, 9.17) is 0 Å². The van der Waals surface area contributed by atoms with Gasteiger partial charge in [-0.2, -0.15) is 0 Å². The van der Waals surface area contributed by atoms with E-state index < -0.39 is 17.4 Å². The average molecular weight is 255 g/mol. The minimum atomic E-state index is -0.958. The van der Waals surface area contributed by atoms with Crippen molar-refractivity contribution in [2.24, 2.45) is 17.3 Å². The molecule has 18 heavy (non-hydrogen) atoms. The first kappa shape index (κ1) is 15.0. The molecule has 104 valence electrons. The molecule has 1 atom stereocenters. The van der Waals surface area contributed by atoms with Crippen LogP contribution >= 0.6 is 0 Å². The lowest BCUT2D eigenvalue weighted by Crippen LogP contribution is -2.51. The van der Waals surface area contributed by atoms with Gasteiger partial charge in [0.1, 0.15) is 6.04 Å². The van der Waals surface area contributed by atoms with Crippen molar-refractivity contribution in [3.05, 3.63) is 0 Å². The second-order valence-corrected chi connectivity index (χ2v) is 6.60. The highest BCUT2D eigenvalue weighted by atomic mass is 16.4. The Kier molecular flexibility index (Phi) is 4.77. The standard InChI is InChI=1S/C14H25NO3/c1-9-5-7-10(8-6-9)12(16)15-11(13(17)18)14(2,3)4/h9-11H,5-8H2,1-4H3,(H,15,16)(H,17,18)/t9?,10?,11-/m1/s1. The number of rotatable bonds is 3. The molecular weight excluding hydrogens is 230 g/mol. The monoisotopic (exact) mass is 255 g/mol. The van der Waals surface area contributed by atoms with E-state index in [0.717, 1.165) is 25.7 Å². The van der Waals surface area contributed by atoms with Gasteiger partial charge in [-0.15, -0.1) is 0 Å². The number of carbonyl (C=O) groups is 2. The van der Waals surface area contributed by atoms with Crippen LogP contribution in [-0.2, 0) is 9.59 Å². The summed E-state index contributed by atoms with van der Waals surface area (Å²) in [6.45, 7) is 7.68. The zero-order valence-electron chi connectivity index (χ0n) is 11.8. The number of aliphatic carboxylic acids is 1. The molecule has 0 aliphatic heterocycles. The fraction of sp³-hybridized carbons (Fsp3) is 0.857. The molecule has 0 spiro atoms. The quantitative estimate of drug-likeness (QED) is 0.814. The Morgan fingerprint density at radius 1 is 1.17 bits per heavy atom. The minimum Gasteiger partial charge on any atom is -0.480 e. The molecule has 0 aromatic heterocycles. The van der Waals surface area contributed by atoms with Gasteiger partial charge in [0.15, 0.2) is 0 Å². The Hall–Kier alpha value is -1.06. The van der Waals surface area contributed by atoms with E-state index in [1.165, 1.54) is 0 Å². The van der Waals surface area contributed by atoms with E-state index >= 15 is 0 Å². The van der Waals surface area contributed by atoms with Crippen LogP contribution < -0.4 is 5.32 Å². The molecule has 1 fully saturated rings. The summed E-state index contributed by atoms with van der Waals surface area (Å²) in [4.78, 5) is 23.3. The van der Waals surface area contributed by atoms with Crippen molar-refractivity contribution in [3.63, 3.8) is 0 Å². The van der Waals surface area contributed by atoms with E-state index in [2.05, 4.69) is 12.2 Å². The molecule has 0 aromatic carbocycles. The van der Waals surface area contributed by atoms with E-state index in [1.54, 1.807) is 0 Å². The van der Waals surface area contributed by atoms with Crippen LogP contribution in [0.2, 0.25) is 0 Å². The lowest BCUT2D eigenvalue weighted by molar-refractivity contribution is -0.145. The Bertz CT molecular complexity index is 311. The van der Waals surface area contributed by atoms with E-state index in [0.29, 0.717) is 5.92 Å². The normalized spacial score (nSPS) is 26.4. The molecule has 1 aliphatic carbocycles. The summed E-state index contributed by atoms with van der Waals surface area (Å²) in [5.41, 5.74) is -0.469. The predicted molar refractivity (Wildman–Crippen MR) is 70.1 cm³/mol. The first-order valence-corrected chi connectivity index (χ1v) is 6.75. The molecule has 1 saturated carbocycles. The highest BCUT2D eigenvalue weighted by Gasteiger charge is 2.34. The summed E-state index contributed by atoms with van der Waals surface area (Å²) >= 11 is 0. The van der Waals surface area contributed by atoms with E-state index in [1.807, 2.05) is 20.8 Å². The molecule has 4 nitrogen and oxygen atoms in total. The molecule has 0 heterocycles. The third kappa shape index (κ3) is 4.00. The summed E-state index contributed by atoms with van der Waals surface area (Å²) in [6.07, 6.45) is 3.88. The summed E-state index contributed by atoms with van der Waals surface area (Å²) in [5.74, 6) is -0.374. The van der Waals surface area contributed by atoms with Gasteiger partial charge in [-0.1, -0.05) is 27.7 Å². The summed E-state index contributed by atoms with van der Waals surface area (Å²) in [5, 5.41) is 11.9. The van der Waals surface area contributed by atoms with Gasteiger partial charge in [-0.3, -0.25) is 4.79 Å². The molecule has 4 heteroatoms. The van der Waals surface area contributed by atoms with Crippen molar-refractivity contribution in [2.45, 2.75) is 59.4 Å². The van der Waals surface area contributed by atoms with Gasteiger partial charge in [0.25, 0.3) is 0 Å². The number of carboxylic acids is 1. The maximum atomic E-state index is 12.1. The fourth-order valence-electron chi connectivity index (χ4n) is 2.43. The van der Waals surface area contributed by atoms with Crippen LogP contribution in [0, 0.1) is 17.3 Å². The molecule has 0 unspecified atom stereocenters. The zero-order chi connectivity index (χ0) is 13.9. The van der Waals surface area contributed by atoms with Gasteiger partial charge in [0.05, 0.1) is 0 Å². The molecular formula is C14H25NO3. The van der Waals surface area contributed by atoms with E-state index in [9.17, 15) is 14.7 Å². The van der Waals surface area contributed by atoms with E-state index in [-0.39, 0.29) is 11.8 Å². The van der Waals surface area contributed by atoms with Gasteiger partial charge < -0.3 is 10.4 Å². The number of amides is 1. The topological polar surface area (TPSA) is 66.4 Å². The summed E-state index contributed by atoms with van der Waals surface area (Å²) < 4.78 is 0. The molecule has 2 N–H and O–H groups in total. The SMILES string of the molecule is CC1CCC(C(=O)N[C@H](C(=O)O)C(C)(C)C)CC1. The number of hydrogen-bond acceptors (Lipinski definition) is 2. The first-order chi connectivity index (χ1) is 8.21. The summed E-state index contributed by atoms with van der Waals surface area (Å²) in [7, 11) is 0. The molecule has 1 aliphatic rings. The molecule has 0 aromatic rings.